The summed E-state index contributed by atoms with van der Waals surface area (Å²) < 4.78 is 27.1. The number of thiophene rings is 1. The van der Waals surface area contributed by atoms with Crippen molar-refractivity contribution in [2.45, 2.75) is 23.6 Å². The summed E-state index contributed by atoms with van der Waals surface area (Å²) in [5.41, 5.74) is 2.22. The fraction of sp³-hybridized carbons (Fsp3) is 0.421. The molecule has 8 heteroatoms. The minimum atomic E-state index is -3.41. The van der Waals surface area contributed by atoms with Crippen LogP contribution >= 0.6 is 11.3 Å². The molecule has 4 rings (SSSR count). The summed E-state index contributed by atoms with van der Waals surface area (Å²) in [7, 11) is -3.41. The van der Waals surface area contributed by atoms with Crippen molar-refractivity contribution in [3.8, 4) is 0 Å². The van der Waals surface area contributed by atoms with Gasteiger partial charge < -0.3 is 4.90 Å². The van der Waals surface area contributed by atoms with Gasteiger partial charge in [-0.05, 0) is 36.4 Å². The fourth-order valence-electron chi connectivity index (χ4n) is 3.88. The summed E-state index contributed by atoms with van der Waals surface area (Å²) in [4.78, 5) is 16.9. The van der Waals surface area contributed by atoms with Crippen LogP contribution in [0.2, 0.25) is 0 Å². The molecular formula is C19H23N3O3S2. The number of rotatable bonds is 4. The molecule has 0 aliphatic carbocycles. The van der Waals surface area contributed by atoms with Crippen molar-refractivity contribution in [2.24, 2.45) is 0 Å². The first-order valence-electron chi connectivity index (χ1n) is 9.13. The average molecular weight is 406 g/mol. The summed E-state index contributed by atoms with van der Waals surface area (Å²) in [5, 5.41) is 1.77. The topological polar surface area (TPSA) is 60.9 Å². The van der Waals surface area contributed by atoms with Crippen LogP contribution in [0.4, 0.5) is 5.69 Å². The number of sulfonamides is 1. The number of nitrogens with zero attached hydrogens (tertiary/aromatic N) is 3. The van der Waals surface area contributed by atoms with E-state index in [-0.39, 0.29) is 11.9 Å². The van der Waals surface area contributed by atoms with Crippen LogP contribution in [0.5, 0.6) is 0 Å². The van der Waals surface area contributed by atoms with Crippen LogP contribution in [0, 0.1) is 0 Å². The lowest BCUT2D eigenvalue weighted by Crippen LogP contribution is -2.52. The van der Waals surface area contributed by atoms with E-state index in [1.165, 1.54) is 21.2 Å². The van der Waals surface area contributed by atoms with Crippen LogP contribution < -0.4 is 4.90 Å². The lowest BCUT2D eigenvalue weighted by molar-refractivity contribution is -0.120. The molecule has 2 aliphatic rings. The van der Waals surface area contributed by atoms with Crippen LogP contribution in [-0.2, 0) is 21.2 Å². The summed E-state index contributed by atoms with van der Waals surface area (Å²) in [6, 6.07) is 11.6. The smallest absolute Gasteiger partial charge is 0.252 e. The number of carbonyl (C=O) groups is 1. The Morgan fingerprint density at radius 1 is 1.11 bits per heavy atom. The van der Waals surface area contributed by atoms with Crippen molar-refractivity contribution in [1.29, 1.82) is 0 Å². The number of hydrogen-bond acceptors (Lipinski definition) is 5. The fourth-order valence-corrected chi connectivity index (χ4v) is 6.45. The number of hydrogen-bond donors (Lipinski definition) is 0. The van der Waals surface area contributed by atoms with E-state index < -0.39 is 10.0 Å². The van der Waals surface area contributed by atoms with Crippen LogP contribution in [0.1, 0.15) is 12.5 Å². The van der Waals surface area contributed by atoms with Crippen molar-refractivity contribution in [3.05, 3.63) is 47.3 Å². The molecule has 1 unspecified atom stereocenters. The number of para-hydroxylation sites is 1. The molecule has 0 N–H and O–H groups in total. The maximum atomic E-state index is 12.9. The highest BCUT2D eigenvalue weighted by Gasteiger charge is 2.33. The second-order valence-corrected chi connectivity index (χ2v) is 10.2. The van der Waals surface area contributed by atoms with Crippen LogP contribution in [0.25, 0.3) is 0 Å². The molecule has 27 heavy (non-hydrogen) atoms. The third-order valence-corrected chi connectivity index (χ3v) is 8.53. The van der Waals surface area contributed by atoms with E-state index in [0.717, 1.165) is 12.1 Å². The molecule has 0 spiro atoms. The quantitative estimate of drug-likeness (QED) is 0.781. The molecule has 0 saturated carbocycles. The number of piperazine rings is 1. The molecule has 1 aromatic carbocycles. The zero-order chi connectivity index (χ0) is 19.0. The molecule has 3 heterocycles. The lowest BCUT2D eigenvalue weighted by atomic mass is 10.1. The van der Waals surface area contributed by atoms with E-state index in [1.807, 2.05) is 23.1 Å². The van der Waals surface area contributed by atoms with Crippen molar-refractivity contribution in [2.75, 3.05) is 37.6 Å². The number of benzene rings is 1. The number of fused-ring (bicyclic) bond motifs is 1. The van der Waals surface area contributed by atoms with Gasteiger partial charge in [-0.2, -0.15) is 4.31 Å². The first-order chi connectivity index (χ1) is 13.0. The van der Waals surface area contributed by atoms with Gasteiger partial charge in [-0.15, -0.1) is 11.3 Å². The second kappa shape index (κ2) is 7.35. The number of anilines is 1. The van der Waals surface area contributed by atoms with Gasteiger partial charge in [0.05, 0.1) is 6.54 Å². The first-order valence-corrected chi connectivity index (χ1v) is 11.4. The van der Waals surface area contributed by atoms with E-state index >= 15 is 0 Å². The van der Waals surface area contributed by atoms with Crippen molar-refractivity contribution < 1.29 is 13.2 Å². The highest BCUT2D eigenvalue weighted by Crippen LogP contribution is 2.32. The van der Waals surface area contributed by atoms with Crippen molar-refractivity contribution in [1.82, 2.24) is 9.21 Å². The Hall–Kier alpha value is -1.74. The molecule has 1 atom stereocenters. The second-order valence-electron chi connectivity index (χ2n) is 7.06. The third kappa shape index (κ3) is 3.54. The molecule has 1 saturated heterocycles. The van der Waals surface area contributed by atoms with E-state index in [1.54, 1.807) is 17.5 Å². The Morgan fingerprint density at radius 2 is 1.85 bits per heavy atom. The minimum absolute atomic E-state index is 0.0852. The monoisotopic (exact) mass is 405 g/mol. The molecule has 1 fully saturated rings. The number of carbonyl (C=O) groups excluding carboxylic acids is 1. The largest absolute Gasteiger partial charge is 0.308 e. The normalized spacial score (nSPS) is 21.4. The van der Waals surface area contributed by atoms with E-state index in [4.69, 9.17) is 0 Å². The Kier molecular flexibility index (Phi) is 5.07. The van der Waals surface area contributed by atoms with E-state index in [2.05, 4.69) is 17.9 Å². The predicted molar refractivity (Wildman–Crippen MR) is 107 cm³/mol. The van der Waals surface area contributed by atoms with Gasteiger partial charge >= 0.3 is 0 Å². The third-order valence-electron chi connectivity index (χ3n) is 5.26. The van der Waals surface area contributed by atoms with Gasteiger partial charge in [0.2, 0.25) is 5.91 Å². The Labute approximate surface area is 164 Å². The molecule has 1 amide bonds. The molecule has 1 aromatic heterocycles. The highest BCUT2D eigenvalue weighted by molar-refractivity contribution is 7.91. The highest BCUT2D eigenvalue weighted by atomic mass is 32.2. The summed E-state index contributed by atoms with van der Waals surface area (Å²) in [6.07, 6.45) is 0.884. The van der Waals surface area contributed by atoms with Crippen LogP contribution in [-0.4, -0.2) is 62.3 Å². The molecule has 6 nitrogen and oxygen atoms in total. The molecule has 0 bridgehead atoms. The molecular weight excluding hydrogens is 382 g/mol. The predicted octanol–water partition coefficient (Wildman–Crippen LogP) is 2.03. The minimum Gasteiger partial charge on any atom is -0.308 e. The maximum absolute atomic E-state index is 12.9. The van der Waals surface area contributed by atoms with Crippen LogP contribution in [0.3, 0.4) is 0 Å². The van der Waals surface area contributed by atoms with Gasteiger partial charge in [-0.3, -0.25) is 9.69 Å². The van der Waals surface area contributed by atoms with Crippen LogP contribution in [0.15, 0.2) is 46.0 Å². The molecule has 144 valence electrons. The lowest BCUT2D eigenvalue weighted by Gasteiger charge is -2.34. The van der Waals surface area contributed by atoms with Gasteiger partial charge in [0.25, 0.3) is 10.0 Å². The van der Waals surface area contributed by atoms with E-state index in [9.17, 15) is 13.2 Å². The van der Waals surface area contributed by atoms with Crippen molar-refractivity contribution >= 4 is 33.0 Å². The maximum Gasteiger partial charge on any atom is 0.252 e. The van der Waals surface area contributed by atoms with Gasteiger partial charge in [0, 0.05) is 37.9 Å². The Bertz CT molecular complexity index is 919. The number of amides is 1. The van der Waals surface area contributed by atoms with Crippen molar-refractivity contribution in [3.63, 3.8) is 0 Å². The zero-order valence-electron chi connectivity index (χ0n) is 15.2. The van der Waals surface area contributed by atoms with Gasteiger partial charge in [0.1, 0.15) is 4.21 Å². The summed E-state index contributed by atoms with van der Waals surface area (Å²) >= 11 is 1.24. The van der Waals surface area contributed by atoms with E-state index in [0.29, 0.717) is 36.9 Å². The molecule has 2 aliphatic heterocycles. The SMILES string of the molecule is CC1Cc2ccccc2N1C(=O)CN1CCN(S(=O)(=O)c2cccs2)CC1. The van der Waals surface area contributed by atoms with Gasteiger partial charge in [0.15, 0.2) is 0 Å². The standard InChI is InChI=1S/C19H23N3O3S2/c1-15-13-16-5-2-3-6-17(16)22(15)18(23)14-20-8-10-21(11-9-20)27(24,25)19-7-4-12-26-19/h2-7,12,15H,8-11,13-14H2,1H3. The molecule has 2 aromatic rings. The first kappa shape index (κ1) is 18.6. The Morgan fingerprint density at radius 3 is 2.56 bits per heavy atom. The summed E-state index contributed by atoms with van der Waals surface area (Å²) in [6.45, 7) is 4.37. The van der Waals surface area contributed by atoms with Gasteiger partial charge in [-0.25, -0.2) is 8.42 Å². The average Bonchev–Trinajstić information content (AvgIpc) is 3.29. The zero-order valence-corrected chi connectivity index (χ0v) is 16.9. The summed E-state index contributed by atoms with van der Waals surface area (Å²) in [5.74, 6) is 0.0852. The van der Waals surface area contributed by atoms with Gasteiger partial charge in [-0.1, -0.05) is 24.3 Å². The molecule has 0 radical (unpaired) electrons. The Balaban J connectivity index is 1.38.